The predicted octanol–water partition coefficient (Wildman–Crippen LogP) is 1.93. The van der Waals surface area contributed by atoms with Crippen LogP contribution in [0.2, 0.25) is 0 Å². The van der Waals surface area contributed by atoms with Crippen LogP contribution in [-0.2, 0) is 7.05 Å². The smallest absolute Gasteiger partial charge is 0.0538 e. The molecule has 102 valence electrons. The van der Waals surface area contributed by atoms with E-state index in [2.05, 4.69) is 37.1 Å². The van der Waals surface area contributed by atoms with Crippen molar-refractivity contribution < 1.29 is 0 Å². The SMILES string of the molecule is CCC(N)C(c1cnn(C)c1)N(C)C(C)C1CC1. The van der Waals surface area contributed by atoms with Gasteiger partial charge in [0.1, 0.15) is 0 Å². The molecule has 2 N–H and O–H groups in total. The molecule has 1 aromatic rings. The number of nitrogens with zero attached hydrogens (tertiary/aromatic N) is 3. The minimum Gasteiger partial charge on any atom is -0.326 e. The van der Waals surface area contributed by atoms with Crippen molar-refractivity contribution in [2.75, 3.05) is 7.05 Å². The van der Waals surface area contributed by atoms with Gasteiger partial charge in [-0.05, 0) is 39.2 Å². The van der Waals surface area contributed by atoms with Gasteiger partial charge in [-0.15, -0.1) is 0 Å². The topological polar surface area (TPSA) is 47.1 Å². The highest BCUT2D eigenvalue weighted by Gasteiger charge is 2.35. The Bertz CT molecular complexity index is 383. The minimum atomic E-state index is 0.167. The molecule has 1 aliphatic rings. The van der Waals surface area contributed by atoms with Gasteiger partial charge in [-0.1, -0.05) is 6.92 Å². The molecule has 2 rings (SSSR count). The Morgan fingerprint density at radius 1 is 1.56 bits per heavy atom. The summed E-state index contributed by atoms with van der Waals surface area (Å²) in [5, 5.41) is 4.29. The van der Waals surface area contributed by atoms with Crippen molar-refractivity contribution in [2.24, 2.45) is 18.7 Å². The summed E-state index contributed by atoms with van der Waals surface area (Å²) in [4.78, 5) is 2.45. The summed E-state index contributed by atoms with van der Waals surface area (Å²) >= 11 is 0. The van der Waals surface area contributed by atoms with E-state index in [-0.39, 0.29) is 12.1 Å². The van der Waals surface area contributed by atoms with Gasteiger partial charge in [0.2, 0.25) is 0 Å². The second kappa shape index (κ2) is 5.41. The second-order valence-corrected chi connectivity index (χ2v) is 5.71. The van der Waals surface area contributed by atoms with Gasteiger partial charge in [0.15, 0.2) is 0 Å². The molecule has 0 saturated heterocycles. The molecule has 0 aromatic carbocycles. The average Bonchev–Trinajstić information content (AvgIpc) is 3.12. The van der Waals surface area contributed by atoms with Crippen LogP contribution in [0, 0.1) is 5.92 Å². The summed E-state index contributed by atoms with van der Waals surface area (Å²) in [6.45, 7) is 4.48. The van der Waals surface area contributed by atoms with Crippen molar-refractivity contribution in [3.63, 3.8) is 0 Å². The van der Waals surface area contributed by atoms with Crippen molar-refractivity contribution in [3.8, 4) is 0 Å². The summed E-state index contributed by atoms with van der Waals surface area (Å²) in [6.07, 6.45) is 7.77. The first kappa shape index (κ1) is 13.6. The maximum atomic E-state index is 6.34. The zero-order valence-electron chi connectivity index (χ0n) is 12.0. The van der Waals surface area contributed by atoms with Crippen LogP contribution in [0.1, 0.15) is 44.7 Å². The lowest BCUT2D eigenvalue weighted by molar-refractivity contribution is 0.143. The molecule has 3 atom stereocenters. The summed E-state index contributed by atoms with van der Waals surface area (Å²) in [5.41, 5.74) is 7.58. The average molecular weight is 250 g/mol. The molecule has 3 unspecified atom stereocenters. The van der Waals surface area contributed by atoms with E-state index in [1.165, 1.54) is 18.4 Å². The van der Waals surface area contributed by atoms with Crippen molar-refractivity contribution in [1.29, 1.82) is 0 Å². The number of rotatable bonds is 6. The number of aryl methyl sites for hydroxylation is 1. The van der Waals surface area contributed by atoms with Crippen molar-refractivity contribution >= 4 is 0 Å². The fourth-order valence-electron chi connectivity index (χ4n) is 2.76. The standard InChI is InChI=1S/C14H26N4/c1-5-13(15)14(12-8-16-17(3)9-12)18(4)10(2)11-6-7-11/h8-11,13-14H,5-7,15H2,1-4H3. The zero-order valence-corrected chi connectivity index (χ0v) is 12.0. The fraction of sp³-hybridized carbons (Fsp3) is 0.786. The van der Waals surface area contributed by atoms with Crippen LogP contribution in [0.15, 0.2) is 12.4 Å². The highest BCUT2D eigenvalue weighted by atomic mass is 15.3. The third-order valence-corrected chi connectivity index (χ3v) is 4.33. The van der Waals surface area contributed by atoms with Crippen molar-refractivity contribution in [3.05, 3.63) is 18.0 Å². The monoisotopic (exact) mass is 250 g/mol. The van der Waals surface area contributed by atoms with E-state index in [4.69, 9.17) is 5.73 Å². The van der Waals surface area contributed by atoms with E-state index in [1.807, 2.05) is 17.9 Å². The second-order valence-electron chi connectivity index (χ2n) is 5.71. The number of hydrogen-bond acceptors (Lipinski definition) is 3. The molecular formula is C14H26N4. The minimum absolute atomic E-state index is 0.167. The van der Waals surface area contributed by atoms with E-state index in [0.29, 0.717) is 6.04 Å². The van der Waals surface area contributed by atoms with E-state index in [1.54, 1.807) is 0 Å². The predicted molar refractivity (Wildman–Crippen MR) is 74.2 cm³/mol. The van der Waals surface area contributed by atoms with Gasteiger partial charge in [0.25, 0.3) is 0 Å². The molecular weight excluding hydrogens is 224 g/mol. The lowest BCUT2D eigenvalue weighted by Gasteiger charge is -2.36. The Balaban J connectivity index is 2.18. The molecule has 1 aliphatic carbocycles. The summed E-state index contributed by atoms with van der Waals surface area (Å²) < 4.78 is 1.86. The molecule has 18 heavy (non-hydrogen) atoms. The Morgan fingerprint density at radius 2 is 2.22 bits per heavy atom. The first-order chi connectivity index (χ1) is 8.54. The Hall–Kier alpha value is -0.870. The summed E-state index contributed by atoms with van der Waals surface area (Å²) in [5.74, 6) is 0.859. The molecule has 0 aliphatic heterocycles. The van der Waals surface area contributed by atoms with Gasteiger partial charge in [-0.2, -0.15) is 5.10 Å². The summed E-state index contributed by atoms with van der Waals surface area (Å²) in [6, 6.07) is 1.05. The van der Waals surface area contributed by atoms with Gasteiger partial charge >= 0.3 is 0 Å². The van der Waals surface area contributed by atoms with E-state index >= 15 is 0 Å². The lowest BCUT2D eigenvalue weighted by atomic mass is 9.97. The molecule has 4 nitrogen and oxygen atoms in total. The number of hydrogen-bond donors (Lipinski definition) is 1. The Kier molecular flexibility index (Phi) is 4.07. The third kappa shape index (κ3) is 2.75. The van der Waals surface area contributed by atoms with Crippen LogP contribution in [0.5, 0.6) is 0 Å². The molecule has 1 aromatic heterocycles. The molecule has 1 fully saturated rings. The maximum Gasteiger partial charge on any atom is 0.0538 e. The van der Waals surface area contributed by atoms with Gasteiger partial charge in [0.05, 0.1) is 12.2 Å². The van der Waals surface area contributed by atoms with Crippen LogP contribution in [0.25, 0.3) is 0 Å². The van der Waals surface area contributed by atoms with Crippen LogP contribution in [0.3, 0.4) is 0 Å². The van der Waals surface area contributed by atoms with Crippen LogP contribution >= 0.6 is 0 Å². The summed E-state index contributed by atoms with van der Waals surface area (Å²) in [7, 11) is 4.17. The molecule has 1 heterocycles. The quantitative estimate of drug-likeness (QED) is 0.839. The van der Waals surface area contributed by atoms with Crippen LogP contribution in [0.4, 0.5) is 0 Å². The van der Waals surface area contributed by atoms with Crippen LogP contribution < -0.4 is 5.73 Å². The number of aromatic nitrogens is 2. The third-order valence-electron chi connectivity index (χ3n) is 4.33. The molecule has 0 amide bonds. The highest BCUT2D eigenvalue weighted by molar-refractivity contribution is 5.14. The first-order valence-corrected chi connectivity index (χ1v) is 7.00. The first-order valence-electron chi connectivity index (χ1n) is 7.00. The Labute approximate surface area is 110 Å². The van der Waals surface area contributed by atoms with E-state index < -0.39 is 0 Å². The molecule has 0 spiro atoms. The number of nitrogens with two attached hydrogens (primary N) is 1. The lowest BCUT2D eigenvalue weighted by Crippen LogP contribution is -2.43. The largest absolute Gasteiger partial charge is 0.326 e. The Morgan fingerprint density at radius 3 is 2.67 bits per heavy atom. The molecule has 4 heteroatoms. The molecule has 1 saturated carbocycles. The highest BCUT2D eigenvalue weighted by Crippen LogP contribution is 2.38. The normalized spacial score (nSPS) is 21.0. The van der Waals surface area contributed by atoms with Crippen molar-refractivity contribution in [1.82, 2.24) is 14.7 Å². The fourth-order valence-corrected chi connectivity index (χ4v) is 2.76. The zero-order chi connectivity index (χ0) is 13.3. The van der Waals surface area contributed by atoms with Gasteiger partial charge in [-0.3, -0.25) is 9.58 Å². The van der Waals surface area contributed by atoms with Crippen molar-refractivity contribution in [2.45, 2.75) is 51.2 Å². The van der Waals surface area contributed by atoms with Gasteiger partial charge < -0.3 is 5.73 Å². The molecule has 0 radical (unpaired) electrons. The van der Waals surface area contributed by atoms with E-state index in [9.17, 15) is 0 Å². The van der Waals surface area contributed by atoms with Gasteiger partial charge in [0, 0.05) is 30.9 Å². The molecule has 0 bridgehead atoms. The van der Waals surface area contributed by atoms with E-state index in [0.717, 1.165) is 12.3 Å². The maximum absolute atomic E-state index is 6.34. The van der Waals surface area contributed by atoms with Crippen LogP contribution in [-0.4, -0.2) is 33.8 Å². The number of likely N-dealkylation sites (N-methyl/N-ethyl adjacent to an activating group) is 1. The van der Waals surface area contributed by atoms with Gasteiger partial charge in [-0.25, -0.2) is 0 Å².